The van der Waals surface area contributed by atoms with Gasteiger partial charge in [-0.25, -0.2) is 0 Å². The fourth-order valence-electron chi connectivity index (χ4n) is 6.18. The summed E-state index contributed by atoms with van der Waals surface area (Å²) in [5.41, 5.74) is 6.87. The Kier molecular flexibility index (Phi) is 12.9. The van der Waals surface area contributed by atoms with E-state index in [1.165, 1.54) is 57.9 Å². The predicted molar refractivity (Wildman–Crippen MR) is 142 cm³/mol. The van der Waals surface area contributed by atoms with Gasteiger partial charge in [0.15, 0.2) is 0 Å². The lowest BCUT2D eigenvalue weighted by molar-refractivity contribution is -0.138. The van der Waals surface area contributed by atoms with Gasteiger partial charge in [0.1, 0.15) is 6.04 Å². The molecule has 0 aromatic heterocycles. The van der Waals surface area contributed by atoms with Crippen molar-refractivity contribution in [2.45, 2.75) is 105 Å². The minimum atomic E-state index is -0.883. The Morgan fingerprint density at radius 2 is 1.67 bits per heavy atom. The summed E-state index contributed by atoms with van der Waals surface area (Å²) in [6.07, 6.45) is 11.7. The zero-order valence-corrected chi connectivity index (χ0v) is 23.3. The molecule has 196 valence electrons. The first-order chi connectivity index (χ1) is 15.5. The zero-order valence-electron chi connectivity index (χ0n) is 23.3. The van der Waals surface area contributed by atoms with Gasteiger partial charge in [0, 0.05) is 6.54 Å². The average Bonchev–Trinajstić information content (AvgIpc) is 2.73. The topological polar surface area (TPSA) is 69.8 Å². The molecule has 0 bridgehead atoms. The van der Waals surface area contributed by atoms with Gasteiger partial charge in [-0.2, -0.15) is 0 Å². The number of carbonyl (C=O) groups is 1. The van der Waals surface area contributed by atoms with Crippen LogP contribution in [-0.4, -0.2) is 67.2 Å². The van der Waals surface area contributed by atoms with E-state index in [4.69, 9.17) is 10.8 Å². The van der Waals surface area contributed by atoms with E-state index in [0.717, 1.165) is 37.4 Å². The number of likely N-dealkylation sites (tertiary alicyclic amines) is 1. The molecule has 0 aromatic rings. The van der Waals surface area contributed by atoms with Gasteiger partial charge in [-0.3, -0.25) is 4.79 Å². The fraction of sp³-hybridized carbons (Fsp3) is 0.964. The molecule has 0 aromatic carbocycles. The maximum absolute atomic E-state index is 10.6. The van der Waals surface area contributed by atoms with Gasteiger partial charge in [-0.1, -0.05) is 48.0 Å². The molecule has 1 saturated heterocycles. The van der Waals surface area contributed by atoms with Crippen LogP contribution in [0.3, 0.4) is 0 Å². The molecular formula is C28H57N3O2. The van der Waals surface area contributed by atoms with Crippen LogP contribution in [0.1, 0.15) is 99.3 Å². The first-order valence-corrected chi connectivity index (χ1v) is 13.9. The summed E-state index contributed by atoms with van der Waals surface area (Å²) in [4.78, 5) is 15.3. The molecule has 3 N–H and O–H groups in total. The quantitative estimate of drug-likeness (QED) is 0.453. The molecule has 5 heteroatoms. The van der Waals surface area contributed by atoms with Crippen molar-refractivity contribution < 1.29 is 9.90 Å². The summed E-state index contributed by atoms with van der Waals surface area (Å²) >= 11 is 0. The number of rotatable bonds is 9. The summed E-state index contributed by atoms with van der Waals surface area (Å²) in [7, 11) is 4.36. The summed E-state index contributed by atoms with van der Waals surface area (Å²) in [5, 5.41) is 8.73. The highest BCUT2D eigenvalue weighted by Crippen LogP contribution is 2.53. The molecule has 1 heterocycles. The van der Waals surface area contributed by atoms with E-state index in [1.807, 2.05) is 13.8 Å². The van der Waals surface area contributed by atoms with Crippen LogP contribution in [0.15, 0.2) is 0 Å². The Hall–Kier alpha value is -0.650. The molecule has 3 aliphatic rings. The molecule has 33 heavy (non-hydrogen) atoms. The Balaban J connectivity index is 0.000000313. The van der Waals surface area contributed by atoms with Crippen molar-refractivity contribution in [3.8, 4) is 0 Å². The normalized spacial score (nSPS) is 27.7. The number of hydrogen-bond acceptors (Lipinski definition) is 4. The predicted octanol–water partition coefficient (Wildman–Crippen LogP) is 5.73. The lowest BCUT2D eigenvalue weighted by atomic mass is 9.56. The molecular weight excluding hydrogens is 410 g/mol. The summed E-state index contributed by atoms with van der Waals surface area (Å²) in [6, 6.07) is -0.699. The maximum Gasteiger partial charge on any atom is 0.320 e. The van der Waals surface area contributed by atoms with Gasteiger partial charge >= 0.3 is 5.97 Å². The van der Waals surface area contributed by atoms with Crippen molar-refractivity contribution in [2.24, 2.45) is 34.3 Å². The van der Waals surface area contributed by atoms with E-state index in [-0.39, 0.29) is 0 Å². The van der Waals surface area contributed by atoms with Crippen LogP contribution in [0.5, 0.6) is 0 Å². The highest BCUT2D eigenvalue weighted by molar-refractivity contribution is 5.72. The SMILES string of the molecule is CC.CC1CC2(CCN(CCC(N)C(=O)O)CC2)C1.CCC1(CCN(C)C)CC(C(C)C)C1. The van der Waals surface area contributed by atoms with Crippen LogP contribution >= 0.6 is 0 Å². The summed E-state index contributed by atoms with van der Waals surface area (Å²) in [6.45, 7) is 17.8. The monoisotopic (exact) mass is 467 g/mol. The molecule has 2 saturated carbocycles. The third-order valence-electron chi connectivity index (χ3n) is 8.73. The lowest BCUT2D eigenvalue weighted by Crippen LogP contribution is -2.47. The molecule has 1 atom stereocenters. The summed E-state index contributed by atoms with van der Waals surface area (Å²) in [5.74, 6) is 1.94. The Bertz CT molecular complexity index is 536. The van der Waals surface area contributed by atoms with Crippen molar-refractivity contribution in [1.82, 2.24) is 9.80 Å². The zero-order chi connectivity index (χ0) is 25.2. The molecule has 1 aliphatic heterocycles. The number of aliphatic carboxylic acids is 1. The number of carboxylic acid groups (broad SMARTS) is 1. The Morgan fingerprint density at radius 1 is 1.12 bits per heavy atom. The van der Waals surface area contributed by atoms with Crippen LogP contribution in [0.4, 0.5) is 0 Å². The largest absolute Gasteiger partial charge is 0.480 e. The molecule has 0 radical (unpaired) electrons. The third kappa shape index (κ3) is 9.49. The average molecular weight is 468 g/mol. The van der Waals surface area contributed by atoms with Crippen molar-refractivity contribution in [2.75, 3.05) is 40.3 Å². The first kappa shape index (κ1) is 30.4. The van der Waals surface area contributed by atoms with Gasteiger partial charge in [-0.05, 0) is 114 Å². The Morgan fingerprint density at radius 3 is 2.06 bits per heavy atom. The van der Waals surface area contributed by atoms with Crippen LogP contribution in [-0.2, 0) is 4.79 Å². The van der Waals surface area contributed by atoms with E-state index in [1.54, 1.807) is 0 Å². The van der Waals surface area contributed by atoms with E-state index in [2.05, 4.69) is 51.6 Å². The highest BCUT2D eigenvalue weighted by Gasteiger charge is 2.44. The van der Waals surface area contributed by atoms with Gasteiger partial charge in [0.05, 0.1) is 0 Å². The second-order valence-corrected chi connectivity index (χ2v) is 11.9. The second-order valence-electron chi connectivity index (χ2n) is 11.9. The number of nitrogens with zero attached hydrogens (tertiary/aromatic N) is 2. The van der Waals surface area contributed by atoms with Crippen LogP contribution in [0, 0.1) is 28.6 Å². The third-order valence-corrected chi connectivity index (χ3v) is 8.73. The van der Waals surface area contributed by atoms with E-state index in [9.17, 15) is 4.79 Å². The van der Waals surface area contributed by atoms with Crippen molar-refractivity contribution in [1.29, 1.82) is 0 Å². The minimum Gasteiger partial charge on any atom is -0.480 e. The maximum atomic E-state index is 10.6. The Labute approximate surface area is 205 Å². The van der Waals surface area contributed by atoms with Crippen molar-refractivity contribution in [3.63, 3.8) is 0 Å². The lowest BCUT2D eigenvalue weighted by Gasteiger charge is -2.51. The van der Waals surface area contributed by atoms with Gasteiger partial charge in [0.25, 0.3) is 0 Å². The van der Waals surface area contributed by atoms with Gasteiger partial charge in [-0.15, -0.1) is 0 Å². The fourth-order valence-corrected chi connectivity index (χ4v) is 6.18. The molecule has 3 fully saturated rings. The smallest absolute Gasteiger partial charge is 0.320 e. The minimum absolute atomic E-state index is 0.568. The van der Waals surface area contributed by atoms with Crippen molar-refractivity contribution in [3.05, 3.63) is 0 Å². The van der Waals surface area contributed by atoms with E-state index >= 15 is 0 Å². The van der Waals surface area contributed by atoms with Crippen LogP contribution < -0.4 is 5.73 Å². The standard InChI is InChI=1S/C13H24N2O2.C13H27N.C2H6/c1-10-8-13(9-10)3-6-15(7-4-13)5-2-11(14)12(16)17;1-6-13(7-8-14(4)5)9-12(10-13)11(2)3;1-2/h10-11H,2-9,14H2,1H3,(H,16,17);11-12H,6-10H2,1-5H3;1-2H3. The number of piperidine rings is 1. The molecule has 2 aliphatic carbocycles. The molecule has 5 nitrogen and oxygen atoms in total. The van der Waals surface area contributed by atoms with Crippen LogP contribution in [0.2, 0.25) is 0 Å². The first-order valence-electron chi connectivity index (χ1n) is 13.9. The molecule has 1 unspecified atom stereocenters. The van der Waals surface area contributed by atoms with E-state index < -0.39 is 12.0 Å². The molecule has 1 spiro atoms. The second kappa shape index (κ2) is 14.0. The number of nitrogens with two attached hydrogens (primary N) is 1. The number of carboxylic acids is 1. The van der Waals surface area contributed by atoms with Crippen molar-refractivity contribution >= 4 is 5.97 Å². The molecule has 3 rings (SSSR count). The van der Waals surface area contributed by atoms with Gasteiger partial charge in [0.2, 0.25) is 0 Å². The highest BCUT2D eigenvalue weighted by atomic mass is 16.4. The summed E-state index contributed by atoms with van der Waals surface area (Å²) < 4.78 is 0. The van der Waals surface area contributed by atoms with Gasteiger partial charge < -0.3 is 20.6 Å². The number of hydrogen-bond donors (Lipinski definition) is 2. The van der Waals surface area contributed by atoms with E-state index in [0.29, 0.717) is 17.3 Å². The van der Waals surface area contributed by atoms with Crippen LogP contribution in [0.25, 0.3) is 0 Å². The molecule has 0 amide bonds.